The van der Waals surface area contributed by atoms with E-state index >= 15 is 0 Å². The highest BCUT2D eigenvalue weighted by molar-refractivity contribution is 6.32. The zero-order chi connectivity index (χ0) is 15.7. The molecule has 114 valence electrons. The molecule has 0 saturated heterocycles. The molecule has 0 aliphatic heterocycles. The zero-order valence-corrected chi connectivity index (χ0v) is 10.4. The first-order chi connectivity index (χ1) is 9.29. The maximum atomic E-state index is 9.75. The Bertz CT molecular complexity index is 413. The van der Waals surface area contributed by atoms with Crippen molar-refractivity contribution in [3.8, 4) is 0 Å². The lowest BCUT2D eigenvalue weighted by Gasteiger charge is -2.20. The van der Waals surface area contributed by atoms with Crippen LogP contribution in [-0.4, -0.2) is 69.2 Å². The molecule has 0 bridgehead atoms. The van der Waals surface area contributed by atoms with E-state index < -0.39 is 30.9 Å². The van der Waals surface area contributed by atoms with Gasteiger partial charge in [0.05, 0.1) is 12.8 Å². The van der Waals surface area contributed by atoms with Crippen molar-refractivity contribution in [1.82, 2.24) is 0 Å². The molecule has 0 spiro atoms. The number of aliphatic hydroxyl groups is 4. The first-order valence-electron chi connectivity index (χ1n) is 5.23. The molecule has 20 heavy (non-hydrogen) atoms. The molecule has 0 aromatic carbocycles. The summed E-state index contributed by atoms with van der Waals surface area (Å²) >= 11 is 0. The molecule has 0 aromatic heterocycles. The highest BCUT2D eigenvalue weighted by atomic mass is 16.4. The smallest absolute Gasteiger partial charge is 0.211 e. The molecule has 0 amide bonds. The minimum Gasteiger partial charge on any atom is -0.394 e. The van der Waals surface area contributed by atoms with Crippen LogP contribution < -0.4 is 22.9 Å². The number of nitrogens with two attached hydrogens (primary N) is 4. The van der Waals surface area contributed by atoms with E-state index in [1.165, 1.54) is 0 Å². The van der Waals surface area contributed by atoms with Crippen LogP contribution in [0.25, 0.3) is 0 Å². The SMILES string of the molecule is NC(N)=NN=CC(=NN=C(N)N)[C@@H](O)[C@H](O)[C@@H](O)CO. The quantitative estimate of drug-likeness (QED) is 0.128. The molecule has 0 rings (SSSR count). The van der Waals surface area contributed by atoms with Gasteiger partial charge in [-0.1, -0.05) is 0 Å². The van der Waals surface area contributed by atoms with Crippen molar-refractivity contribution in [2.75, 3.05) is 6.61 Å². The van der Waals surface area contributed by atoms with Gasteiger partial charge in [-0.2, -0.15) is 5.10 Å². The molecule has 0 radical (unpaired) electrons. The Balaban J connectivity index is 5.22. The lowest BCUT2D eigenvalue weighted by Crippen LogP contribution is -2.44. The number of guanidine groups is 2. The summed E-state index contributed by atoms with van der Waals surface area (Å²) in [5, 5.41) is 50.5. The molecule has 0 unspecified atom stereocenters. The van der Waals surface area contributed by atoms with Crippen LogP contribution in [-0.2, 0) is 0 Å². The van der Waals surface area contributed by atoms with Gasteiger partial charge < -0.3 is 43.4 Å². The van der Waals surface area contributed by atoms with E-state index in [-0.39, 0.29) is 11.7 Å². The van der Waals surface area contributed by atoms with Crippen LogP contribution in [0.2, 0.25) is 0 Å². The van der Waals surface area contributed by atoms with Crippen molar-refractivity contribution in [3.63, 3.8) is 0 Å². The van der Waals surface area contributed by atoms with Gasteiger partial charge in [0.25, 0.3) is 0 Å². The average molecular weight is 290 g/mol. The standard InChI is InChI=1S/C8H18N8O4/c9-7(10)15-13-1-3(14-16-8(11)12)5(19)6(20)4(18)2-17/h1,4-6,17-20H,2H2,(H4,9,10,15)(H4,11,12,16)/t4-,5+,6+/m0/s1. The maximum absolute atomic E-state index is 9.75. The molecule has 12 heteroatoms. The van der Waals surface area contributed by atoms with Crippen LogP contribution in [0.5, 0.6) is 0 Å². The average Bonchev–Trinajstić information content (AvgIpc) is 2.39. The fraction of sp³-hybridized carbons (Fsp3) is 0.500. The number of hydrogen-bond acceptors (Lipinski definition) is 8. The fourth-order valence-corrected chi connectivity index (χ4v) is 0.925. The van der Waals surface area contributed by atoms with Gasteiger partial charge in [-0.3, -0.25) is 0 Å². The Morgan fingerprint density at radius 2 is 1.50 bits per heavy atom. The number of rotatable bonds is 7. The van der Waals surface area contributed by atoms with E-state index in [9.17, 15) is 15.3 Å². The van der Waals surface area contributed by atoms with Gasteiger partial charge in [0.1, 0.15) is 24.0 Å². The molecule has 0 aliphatic rings. The molecule has 12 N–H and O–H groups in total. The van der Waals surface area contributed by atoms with E-state index in [1.807, 2.05) is 0 Å². The second kappa shape index (κ2) is 8.76. The Hall–Kier alpha value is -2.28. The Morgan fingerprint density at radius 1 is 0.950 bits per heavy atom. The summed E-state index contributed by atoms with van der Waals surface area (Å²) in [5.74, 6) is -0.769. The van der Waals surface area contributed by atoms with Crippen LogP contribution in [0.1, 0.15) is 0 Å². The molecule has 0 aromatic rings. The molecule has 0 heterocycles. The van der Waals surface area contributed by atoms with E-state index in [0.717, 1.165) is 6.21 Å². The van der Waals surface area contributed by atoms with Crippen molar-refractivity contribution in [1.29, 1.82) is 0 Å². The molecule has 0 saturated carbocycles. The van der Waals surface area contributed by atoms with Crippen molar-refractivity contribution < 1.29 is 20.4 Å². The van der Waals surface area contributed by atoms with Gasteiger partial charge in [0.15, 0.2) is 0 Å². The third kappa shape index (κ3) is 6.60. The van der Waals surface area contributed by atoms with E-state index in [1.54, 1.807) is 0 Å². The van der Waals surface area contributed by atoms with Crippen LogP contribution >= 0.6 is 0 Å². The lowest BCUT2D eigenvalue weighted by molar-refractivity contribution is -0.0548. The summed E-state index contributed by atoms with van der Waals surface area (Å²) in [7, 11) is 0. The third-order valence-electron chi connectivity index (χ3n) is 1.85. The van der Waals surface area contributed by atoms with E-state index in [2.05, 4.69) is 20.4 Å². The second-order valence-corrected chi connectivity index (χ2v) is 3.50. The van der Waals surface area contributed by atoms with E-state index in [4.69, 9.17) is 28.0 Å². The molecule has 3 atom stereocenters. The predicted octanol–water partition coefficient (Wildman–Crippen LogP) is -5.05. The summed E-state index contributed by atoms with van der Waals surface area (Å²) in [4.78, 5) is 0. The minimum absolute atomic E-state index is 0.344. The Kier molecular flexibility index (Phi) is 7.76. The summed E-state index contributed by atoms with van der Waals surface area (Å²) < 4.78 is 0. The van der Waals surface area contributed by atoms with Crippen LogP contribution in [0.15, 0.2) is 20.4 Å². The molecule has 0 fully saturated rings. The number of hydrogen-bond donors (Lipinski definition) is 8. The zero-order valence-electron chi connectivity index (χ0n) is 10.4. The van der Waals surface area contributed by atoms with E-state index in [0.29, 0.717) is 0 Å². The second-order valence-electron chi connectivity index (χ2n) is 3.50. The van der Waals surface area contributed by atoms with Gasteiger partial charge >= 0.3 is 0 Å². The van der Waals surface area contributed by atoms with Gasteiger partial charge in [0, 0.05) is 0 Å². The predicted molar refractivity (Wildman–Crippen MR) is 72.7 cm³/mol. The normalized spacial score (nSPS) is 16.5. The van der Waals surface area contributed by atoms with Gasteiger partial charge in [-0.15, -0.1) is 15.3 Å². The Morgan fingerprint density at radius 3 is 1.95 bits per heavy atom. The maximum Gasteiger partial charge on any atom is 0.211 e. The lowest BCUT2D eigenvalue weighted by atomic mass is 10.0. The highest BCUT2D eigenvalue weighted by Gasteiger charge is 2.27. The van der Waals surface area contributed by atoms with Crippen LogP contribution in [0.4, 0.5) is 0 Å². The number of nitrogens with zero attached hydrogens (tertiary/aromatic N) is 4. The first-order valence-corrected chi connectivity index (χ1v) is 5.23. The van der Waals surface area contributed by atoms with Gasteiger partial charge in [-0.05, 0) is 0 Å². The van der Waals surface area contributed by atoms with Crippen molar-refractivity contribution in [3.05, 3.63) is 0 Å². The monoisotopic (exact) mass is 290 g/mol. The summed E-state index contributed by atoms with van der Waals surface area (Å²) in [6.45, 7) is -0.779. The van der Waals surface area contributed by atoms with Gasteiger partial charge in [-0.25, -0.2) is 0 Å². The molecular formula is C8H18N8O4. The highest BCUT2D eigenvalue weighted by Crippen LogP contribution is 2.02. The van der Waals surface area contributed by atoms with Crippen LogP contribution in [0.3, 0.4) is 0 Å². The summed E-state index contributed by atoms with van der Waals surface area (Å²) in [6, 6.07) is 0. The van der Waals surface area contributed by atoms with Crippen molar-refractivity contribution in [2.45, 2.75) is 18.3 Å². The van der Waals surface area contributed by atoms with Crippen molar-refractivity contribution in [2.24, 2.45) is 43.3 Å². The molecular weight excluding hydrogens is 272 g/mol. The molecule has 12 nitrogen and oxygen atoms in total. The first kappa shape index (κ1) is 17.7. The number of aliphatic hydroxyl groups excluding tert-OH is 4. The third-order valence-corrected chi connectivity index (χ3v) is 1.85. The van der Waals surface area contributed by atoms with Gasteiger partial charge in [0.2, 0.25) is 11.9 Å². The topological polar surface area (TPSA) is 234 Å². The summed E-state index contributed by atoms with van der Waals surface area (Å²) in [6.07, 6.45) is -4.23. The van der Waals surface area contributed by atoms with Crippen molar-refractivity contribution >= 4 is 23.8 Å². The largest absolute Gasteiger partial charge is 0.394 e. The summed E-state index contributed by atoms with van der Waals surface area (Å²) in [5.41, 5.74) is 19.8. The minimum atomic E-state index is -1.75. The molecule has 0 aliphatic carbocycles. The fourth-order valence-electron chi connectivity index (χ4n) is 0.925. The van der Waals surface area contributed by atoms with Crippen LogP contribution in [0, 0.1) is 0 Å². The Labute approximate surface area is 113 Å².